The van der Waals surface area contributed by atoms with E-state index in [1.54, 1.807) is 0 Å². The quantitative estimate of drug-likeness (QED) is 0.559. The number of hydrogen-bond donors (Lipinski definition) is 3. The van der Waals surface area contributed by atoms with Gasteiger partial charge in [0.25, 0.3) is 0 Å². The molecule has 1 unspecified atom stereocenters. The van der Waals surface area contributed by atoms with Crippen LogP contribution in [0.1, 0.15) is 18.9 Å². The van der Waals surface area contributed by atoms with Crippen LogP contribution in [-0.2, 0) is 5.60 Å². The van der Waals surface area contributed by atoms with Gasteiger partial charge in [0, 0.05) is 18.3 Å². The molecule has 0 bridgehead atoms. The van der Waals surface area contributed by atoms with E-state index < -0.39 is 24.0 Å². The lowest BCUT2D eigenvalue weighted by molar-refractivity contribution is -0.259. The SMILES string of the molecule is CC(O)(c1ccc2ncc(-c3cncc(N[C@H]4CNCC[C@@H]4F)n3)n2c1)C(F)(F)F. The topological polar surface area (TPSA) is 87.4 Å². The Morgan fingerprint density at radius 1 is 1.23 bits per heavy atom. The second-order valence-electron chi connectivity index (χ2n) is 7.41. The first-order valence-electron chi connectivity index (χ1n) is 9.37. The Hall–Kier alpha value is -2.79. The van der Waals surface area contributed by atoms with E-state index in [2.05, 4.69) is 25.6 Å². The van der Waals surface area contributed by atoms with Gasteiger partial charge in [-0.05, 0) is 26.0 Å². The predicted molar refractivity (Wildman–Crippen MR) is 102 cm³/mol. The maximum atomic E-state index is 14.1. The van der Waals surface area contributed by atoms with E-state index in [-0.39, 0.29) is 5.56 Å². The molecule has 3 aromatic heterocycles. The second-order valence-corrected chi connectivity index (χ2v) is 7.41. The van der Waals surface area contributed by atoms with Crippen molar-refractivity contribution in [3.05, 3.63) is 42.5 Å². The van der Waals surface area contributed by atoms with E-state index in [0.29, 0.717) is 49.3 Å². The predicted octanol–water partition coefficient (Wildman–Crippen LogP) is 2.67. The lowest BCUT2D eigenvalue weighted by atomic mass is 9.97. The van der Waals surface area contributed by atoms with Crippen molar-refractivity contribution in [2.45, 2.75) is 37.3 Å². The molecule has 160 valence electrons. The molecule has 7 nitrogen and oxygen atoms in total. The lowest BCUT2D eigenvalue weighted by Gasteiger charge is -2.27. The summed E-state index contributed by atoms with van der Waals surface area (Å²) >= 11 is 0. The summed E-state index contributed by atoms with van der Waals surface area (Å²) in [5.41, 5.74) is -2.25. The third-order valence-corrected chi connectivity index (χ3v) is 5.25. The van der Waals surface area contributed by atoms with Gasteiger partial charge < -0.3 is 15.7 Å². The van der Waals surface area contributed by atoms with E-state index in [1.165, 1.54) is 41.3 Å². The highest BCUT2D eigenvalue weighted by atomic mass is 19.4. The first-order valence-corrected chi connectivity index (χ1v) is 9.37. The van der Waals surface area contributed by atoms with E-state index >= 15 is 0 Å². The van der Waals surface area contributed by atoms with Crippen molar-refractivity contribution < 1.29 is 22.7 Å². The number of nitrogens with zero attached hydrogens (tertiary/aromatic N) is 4. The average Bonchev–Trinajstić information content (AvgIpc) is 3.12. The number of aliphatic hydroxyl groups is 1. The molecule has 3 aromatic rings. The number of fused-ring (bicyclic) bond motifs is 1. The summed E-state index contributed by atoms with van der Waals surface area (Å²) in [5, 5.41) is 16.1. The number of piperidine rings is 1. The van der Waals surface area contributed by atoms with Crippen LogP contribution in [0.5, 0.6) is 0 Å². The number of nitrogens with one attached hydrogen (secondary N) is 2. The van der Waals surface area contributed by atoms with Crippen molar-refractivity contribution in [1.29, 1.82) is 0 Å². The highest BCUT2D eigenvalue weighted by Gasteiger charge is 2.51. The Kier molecular flexibility index (Phi) is 5.10. The zero-order valence-electron chi connectivity index (χ0n) is 16.0. The lowest BCUT2D eigenvalue weighted by Crippen LogP contribution is -2.46. The van der Waals surface area contributed by atoms with Crippen molar-refractivity contribution in [1.82, 2.24) is 24.7 Å². The van der Waals surface area contributed by atoms with Crippen LogP contribution in [-0.4, -0.2) is 55.9 Å². The van der Waals surface area contributed by atoms with Gasteiger partial charge in [-0.3, -0.25) is 9.38 Å². The fourth-order valence-corrected chi connectivity index (χ4v) is 3.34. The first kappa shape index (κ1) is 20.5. The Balaban J connectivity index is 1.69. The summed E-state index contributed by atoms with van der Waals surface area (Å²) in [4.78, 5) is 12.7. The summed E-state index contributed by atoms with van der Waals surface area (Å²) in [6, 6.07) is 2.11. The largest absolute Gasteiger partial charge is 0.421 e. The molecule has 1 saturated heterocycles. The van der Waals surface area contributed by atoms with Crippen molar-refractivity contribution in [3.8, 4) is 11.4 Å². The highest BCUT2D eigenvalue weighted by molar-refractivity contribution is 5.61. The molecule has 0 radical (unpaired) electrons. The van der Waals surface area contributed by atoms with Gasteiger partial charge in [-0.1, -0.05) is 6.07 Å². The summed E-state index contributed by atoms with van der Waals surface area (Å²) in [6.45, 7) is 1.75. The van der Waals surface area contributed by atoms with Gasteiger partial charge in [0.1, 0.15) is 23.3 Å². The number of imidazole rings is 1. The molecular formula is C19H20F4N6O. The molecule has 0 aliphatic carbocycles. The molecule has 4 heterocycles. The Morgan fingerprint density at radius 3 is 2.77 bits per heavy atom. The standard InChI is InChI=1S/C19H20F4N6O/c1-18(30,19(21,22)23)11-2-3-17-26-8-15(29(17)10-11)14-7-25-9-16(28-14)27-13-6-24-5-4-12(13)20/h2-3,7-10,12-13,24,30H,4-6H2,1H3,(H,27,28)/t12-,13-,18?/m0/s1. The molecular weight excluding hydrogens is 404 g/mol. The van der Waals surface area contributed by atoms with Gasteiger partial charge >= 0.3 is 6.18 Å². The minimum atomic E-state index is -4.85. The maximum Gasteiger partial charge on any atom is 0.421 e. The van der Waals surface area contributed by atoms with Crippen LogP contribution in [0.15, 0.2) is 36.9 Å². The van der Waals surface area contributed by atoms with Gasteiger partial charge in [-0.25, -0.2) is 14.4 Å². The normalized spacial score (nSPS) is 22.1. The molecule has 11 heteroatoms. The number of alkyl halides is 4. The second kappa shape index (κ2) is 7.47. The number of aromatic nitrogens is 4. The van der Waals surface area contributed by atoms with E-state index in [1.807, 2.05) is 0 Å². The maximum absolute atomic E-state index is 14.1. The van der Waals surface area contributed by atoms with Gasteiger partial charge in [0.15, 0.2) is 5.60 Å². The molecule has 1 aliphatic rings. The molecule has 3 N–H and O–H groups in total. The number of halogens is 4. The van der Waals surface area contributed by atoms with Crippen molar-refractivity contribution in [3.63, 3.8) is 0 Å². The minimum absolute atomic E-state index is 0.336. The third-order valence-electron chi connectivity index (χ3n) is 5.25. The number of rotatable bonds is 4. The molecule has 0 saturated carbocycles. The van der Waals surface area contributed by atoms with Gasteiger partial charge in [0.05, 0.1) is 30.3 Å². The molecule has 1 fully saturated rings. The van der Waals surface area contributed by atoms with Crippen LogP contribution in [0, 0.1) is 0 Å². The molecule has 0 amide bonds. The first-order chi connectivity index (χ1) is 14.2. The van der Waals surface area contributed by atoms with Gasteiger partial charge in [-0.2, -0.15) is 13.2 Å². The van der Waals surface area contributed by atoms with Crippen LogP contribution < -0.4 is 10.6 Å². The van der Waals surface area contributed by atoms with E-state index in [9.17, 15) is 22.7 Å². The van der Waals surface area contributed by atoms with Crippen LogP contribution in [0.4, 0.5) is 23.4 Å². The van der Waals surface area contributed by atoms with E-state index in [0.717, 1.165) is 0 Å². The molecule has 3 atom stereocenters. The summed E-state index contributed by atoms with van der Waals surface area (Å²) in [7, 11) is 0. The molecule has 0 aromatic carbocycles. The van der Waals surface area contributed by atoms with Crippen LogP contribution >= 0.6 is 0 Å². The van der Waals surface area contributed by atoms with Gasteiger partial charge in [0.2, 0.25) is 0 Å². The average molecular weight is 424 g/mol. The molecule has 30 heavy (non-hydrogen) atoms. The number of hydrogen-bond acceptors (Lipinski definition) is 6. The van der Waals surface area contributed by atoms with Crippen LogP contribution in [0.3, 0.4) is 0 Å². The Labute approximate surface area is 169 Å². The van der Waals surface area contributed by atoms with Crippen LogP contribution in [0.2, 0.25) is 0 Å². The monoisotopic (exact) mass is 424 g/mol. The van der Waals surface area contributed by atoms with Gasteiger partial charge in [-0.15, -0.1) is 0 Å². The number of pyridine rings is 1. The highest BCUT2D eigenvalue weighted by Crippen LogP contribution is 2.38. The van der Waals surface area contributed by atoms with Crippen LogP contribution in [0.25, 0.3) is 17.0 Å². The minimum Gasteiger partial charge on any atom is -0.376 e. The fraction of sp³-hybridized carbons (Fsp3) is 0.421. The number of anilines is 1. The summed E-state index contributed by atoms with van der Waals surface area (Å²) in [6.07, 6.45) is 0.0374. The molecule has 1 aliphatic heterocycles. The van der Waals surface area contributed by atoms with Crippen molar-refractivity contribution in [2.75, 3.05) is 18.4 Å². The van der Waals surface area contributed by atoms with E-state index in [4.69, 9.17) is 0 Å². The molecule has 0 spiro atoms. The Morgan fingerprint density at radius 2 is 2.03 bits per heavy atom. The summed E-state index contributed by atoms with van der Waals surface area (Å²) in [5.74, 6) is 0.345. The van der Waals surface area contributed by atoms with Crippen molar-refractivity contribution >= 4 is 11.5 Å². The van der Waals surface area contributed by atoms with Crippen molar-refractivity contribution in [2.24, 2.45) is 0 Å². The molecule has 4 rings (SSSR count). The fourth-order valence-electron chi connectivity index (χ4n) is 3.34. The smallest absolute Gasteiger partial charge is 0.376 e. The zero-order chi connectivity index (χ0) is 21.5. The third kappa shape index (κ3) is 3.70. The zero-order valence-corrected chi connectivity index (χ0v) is 16.0. The summed E-state index contributed by atoms with van der Waals surface area (Å²) < 4.78 is 55.2. The Bertz CT molecular complexity index is 1050.